The number of rotatable bonds is 4. The normalized spacial score (nSPS) is 10.3. The second-order valence-corrected chi connectivity index (χ2v) is 4.95. The number of benzene rings is 2. The molecule has 0 amide bonds. The molecular formula is C17H18O3. The fourth-order valence-corrected chi connectivity index (χ4v) is 2.11. The van der Waals surface area contributed by atoms with Crippen molar-refractivity contribution in [3.05, 3.63) is 64.2 Å². The quantitative estimate of drug-likeness (QED) is 0.916. The van der Waals surface area contributed by atoms with Crippen LogP contribution in [-0.2, 0) is 6.61 Å². The van der Waals surface area contributed by atoms with Crippen molar-refractivity contribution in [1.82, 2.24) is 0 Å². The van der Waals surface area contributed by atoms with E-state index >= 15 is 0 Å². The van der Waals surface area contributed by atoms with Crippen molar-refractivity contribution < 1.29 is 14.6 Å². The van der Waals surface area contributed by atoms with Crippen LogP contribution in [0.15, 0.2) is 36.4 Å². The van der Waals surface area contributed by atoms with Gasteiger partial charge in [-0.2, -0.15) is 0 Å². The minimum atomic E-state index is -0.931. The smallest absolute Gasteiger partial charge is 0.336 e. The van der Waals surface area contributed by atoms with E-state index in [1.807, 2.05) is 13.8 Å². The maximum absolute atomic E-state index is 11.1. The molecule has 2 aromatic rings. The van der Waals surface area contributed by atoms with Crippen LogP contribution in [0.2, 0.25) is 0 Å². The Morgan fingerprint density at radius 1 is 1.15 bits per heavy atom. The zero-order valence-electron chi connectivity index (χ0n) is 11.9. The number of carbonyl (C=O) groups is 1. The molecule has 104 valence electrons. The SMILES string of the molecule is Cc1ccc(C)c(COc2cccc(C(=O)O)c2C)c1. The molecular weight excluding hydrogens is 252 g/mol. The molecule has 3 nitrogen and oxygen atoms in total. The molecule has 0 saturated heterocycles. The highest BCUT2D eigenvalue weighted by atomic mass is 16.5. The van der Waals surface area contributed by atoms with Crippen LogP contribution in [0.4, 0.5) is 0 Å². The molecule has 0 atom stereocenters. The number of ether oxygens (including phenoxy) is 1. The van der Waals surface area contributed by atoms with Gasteiger partial charge in [0.05, 0.1) is 5.56 Å². The van der Waals surface area contributed by atoms with Crippen molar-refractivity contribution >= 4 is 5.97 Å². The summed E-state index contributed by atoms with van der Waals surface area (Å²) in [5.74, 6) is -0.314. The summed E-state index contributed by atoms with van der Waals surface area (Å²) < 4.78 is 5.79. The Hall–Kier alpha value is -2.29. The van der Waals surface area contributed by atoms with Crippen LogP contribution in [0.5, 0.6) is 5.75 Å². The van der Waals surface area contributed by atoms with Crippen LogP contribution in [0.25, 0.3) is 0 Å². The third-order valence-corrected chi connectivity index (χ3v) is 3.40. The Morgan fingerprint density at radius 3 is 2.60 bits per heavy atom. The monoisotopic (exact) mass is 270 g/mol. The molecule has 0 unspecified atom stereocenters. The summed E-state index contributed by atoms with van der Waals surface area (Å²) in [5, 5.41) is 9.10. The van der Waals surface area contributed by atoms with Gasteiger partial charge in [-0.15, -0.1) is 0 Å². The van der Waals surface area contributed by atoms with Crippen molar-refractivity contribution in [3.8, 4) is 5.75 Å². The Balaban J connectivity index is 2.21. The summed E-state index contributed by atoms with van der Waals surface area (Å²) >= 11 is 0. The molecule has 2 aromatic carbocycles. The average molecular weight is 270 g/mol. The molecule has 20 heavy (non-hydrogen) atoms. The van der Waals surface area contributed by atoms with E-state index < -0.39 is 5.97 Å². The topological polar surface area (TPSA) is 46.5 Å². The Labute approximate surface area is 118 Å². The first kappa shape index (κ1) is 14.1. The van der Waals surface area contributed by atoms with Gasteiger partial charge in [0.2, 0.25) is 0 Å². The maximum Gasteiger partial charge on any atom is 0.336 e. The van der Waals surface area contributed by atoms with Gasteiger partial charge in [0.15, 0.2) is 0 Å². The van der Waals surface area contributed by atoms with Gasteiger partial charge in [0.1, 0.15) is 12.4 Å². The van der Waals surface area contributed by atoms with E-state index in [9.17, 15) is 4.79 Å². The first-order valence-corrected chi connectivity index (χ1v) is 6.51. The number of hydrogen-bond acceptors (Lipinski definition) is 2. The standard InChI is InChI=1S/C17H18O3/c1-11-7-8-12(2)14(9-11)10-20-16-6-4-5-15(13(16)3)17(18)19/h4-9H,10H2,1-3H3,(H,18,19). The number of aromatic carboxylic acids is 1. The molecule has 0 aliphatic rings. The molecule has 0 bridgehead atoms. The first-order valence-electron chi connectivity index (χ1n) is 6.51. The van der Waals surface area contributed by atoms with Crippen molar-refractivity contribution in [3.63, 3.8) is 0 Å². The molecule has 0 aliphatic heterocycles. The van der Waals surface area contributed by atoms with Gasteiger partial charge in [0.25, 0.3) is 0 Å². The van der Waals surface area contributed by atoms with E-state index in [4.69, 9.17) is 9.84 Å². The fraction of sp³-hybridized carbons (Fsp3) is 0.235. The molecule has 3 heteroatoms. The molecule has 2 rings (SSSR count). The van der Waals surface area contributed by atoms with Gasteiger partial charge >= 0.3 is 5.97 Å². The van der Waals surface area contributed by atoms with Crippen LogP contribution in [-0.4, -0.2) is 11.1 Å². The molecule has 0 heterocycles. The summed E-state index contributed by atoms with van der Waals surface area (Å²) in [5.41, 5.74) is 4.41. The molecule has 0 radical (unpaired) electrons. The Morgan fingerprint density at radius 2 is 1.90 bits per heavy atom. The van der Waals surface area contributed by atoms with Gasteiger partial charge < -0.3 is 9.84 Å². The lowest BCUT2D eigenvalue weighted by Crippen LogP contribution is -2.04. The molecule has 1 N–H and O–H groups in total. The second kappa shape index (κ2) is 5.78. The third-order valence-electron chi connectivity index (χ3n) is 3.40. The number of aryl methyl sites for hydroxylation is 2. The summed E-state index contributed by atoms with van der Waals surface area (Å²) in [6, 6.07) is 11.3. The average Bonchev–Trinajstić information content (AvgIpc) is 2.41. The van der Waals surface area contributed by atoms with Crippen LogP contribution in [0.1, 0.15) is 32.6 Å². The molecule has 0 fully saturated rings. The predicted octanol–water partition coefficient (Wildman–Crippen LogP) is 3.89. The van der Waals surface area contributed by atoms with Crippen molar-refractivity contribution in [2.24, 2.45) is 0 Å². The molecule has 0 saturated carbocycles. The Bertz CT molecular complexity index is 645. The van der Waals surface area contributed by atoms with Gasteiger partial charge in [-0.05, 0) is 44.0 Å². The van der Waals surface area contributed by atoms with Gasteiger partial charge in [0, 0.05) is 5.56 Å². The number of carboxylic acids is 1. The maximum atomic E-state index is 11.1. The number of carboxylic acid groups (broad SMARTS) is 1. The summed E-state index contributed by atoms with van der Waals surface area (Å²) in [7, 11) is 0. The summed E-state index contributed by atoms with van der Waals surface area (Å²) in [4.78, 5) is 11.1. The van der Waals surface area contributed by atoms with Crippen molar-refractivity contribution in [2.75, 3.05) is 0 Å². The van der Waals surface area contributed by atoms with Gasteiger partial charge in [-0.1, -0.05) is 29.8 Å². The summed E-state index contributed by atoms with van der Waals surface area (Å²) in [6.45, 7) is 6.29. The zero-order valence-corrected chi connectivity index (χ0v) is 11.9. The van der Waals surface area contributed by atoms with Crippen LogP contribution < -0.4 is 4.74 Å². The van der Waals surface area contributed by atoms with E-state index in [-0.39, 0.29) is 5.56 Å². The first-order chi connectivity index (χ1) is 9.49. The van der Waals surface area contributed by atoms with Crippen LogP contribution in [0.3, 0.4) is 0 Å². The van der Waals surface area contributed by atoms with E-state index in [1.165, 1.54) is 11.1 Å². The van der Waals surface area contributed by atoms with Crippen molar-refractivity contribution in [2.45, 2.75) is 27.4 Å². The van der Waals surface area contributed by atoms with E-state index in [2.05, 4.69) is 18.2 Å². The highest BCUT2D eigenvalue weighted by Gasteiger charge is 2.11. The lowest BCUT2D eigenvalue weighted by atomic mass is 10.1. The van der Waals surface area contributed by atoms with Crippen LogP contribution >= 0.6 is 0 Å². The second-order valence-electron chi connectivity index (χ2n) is 4.95. The minimum Gasteiger partial charge on any atom is -0.489 e. The highest BCUT2D eigenvalue weighted by molar-refractivity contribution is 5.90. The van der Waals surface area contributed by atoms with Crippen LogP contribution in [0, 0.1) is 20.8 Å². The lowest BCUT2D eigenvalue weighted by molar-refractivity contribution is 0.0695. The Kier molecular flexibility index (Phi) is 4.08. The molecule has 0 spiro atoms. The fourth-order valence-electron chi connectivity index (χ4n) is 2.11. The summed E-state index contributed by atoms with van der Waals surface area (Å²) in [6.07, 6.45) is 0. The number of hydrogen-bond donors (Lipinski definition) is 1. The minimum absolute atomic E-state index is 0.281. The van der Waals surface area contributed by atoms with E-state index in [0.717, 1.165) is 5.56 Å². The van der Waals surface area contributed by atoms with E-state index in [0.29, 0.717) is 17.9 Å². The van der Waals surface area contributed by atoms with Gasteiger partial charge in [-0.3, -0.25) is 0 Å². The van der Waals surface area contributed by atoms with E-state index in [1.54, 1.807) is 25.1 Å². The molecule has 0 aliphatic carbocycles. The largest absolute Gasteiger partial charge is 0.489 e. The zero-order chi connectivity index (χ0) is 14.7. The lowest BCUT2D eigenvalue weighted by Gasteiger charge is -2.12. The third kappa shape index (κ3) is 2.99. The van der Waals surface area contributed by atoms with Gasteiger partial charge in [-0.25, -0.2) is 4.79 Å². The predicted molar refractivity (Wildman–Crippen MR) is 78.4 cm³/mol. The molecule has 0 aromatic heterocycles. The van der Waals surface area contributed by atoms with Crippen molar-refractivity contribution in [1.29, 1.82) is 0 Å². The highest BCUT2D eigenvalue weighted by Crippen LogP contribution is 2.23.